The SMILES string of the molecule is C=CCNC(=S)NCCC.CC(C)NC(=S)NC(C)C.CCCCNC(=S)NCCCC.CCCNC(=S)NCCC.CCNC(=S)NCC.CN(C)C(=S)N(C)C.CNC(=S)N(C)C.CNC(=S)NC.Cc1ccccc1NC(=S)Nc1ccccc1C.S=C(NC1CCCCC1)NC1CCCCC1.S=C(Nc1ccccc1)Nc1ccccc1.S=C1CCCN1. The molecule has 0 unspecified atom stereocenters. The molecule has 2 aliphatic carbocycles. The van der Waals surface area contributed by atoms with Gasteiger partial charge in [-0.3, -0.25) is 0 Å². The van der Waals surface area contributed by atoms with Gasteiger partial charge >= 0.3 is 0 Å². The highest BCUT2D eigenvalue weighted by molar-refractivity contribution is 7.82. The molecule has 1 heterocycles. The van der Waals surface area contributed by atoms with Crippen molar-refractivity contribution < 1.29 is 0 Å². The van der Waals surface area contributed by atoms with Crippen LogP contribution >= 0.6 is 147 Å². The number of rotatable bonds is 24. The fraction of sp³-hybridized carbons (Fsp3) is 0.587. The molecule has 0 aromatic heterocycles. The van der Waals surface area contributed by atoms with Crippen molar-refractivity contribution in [1.29, 1.82) is 0 Å². The van der Waals surface area contributed by atoms with Gasteiger partial charge in [-0.05, 0) is 308 Å². The summed E-state index contributed by atoms with van der Waals surface area (Å²) in [5.41, 5.74) is 6.37. The first-order chi connectivity index (χ1) is 60.5. The van der Waals surface area contributed by atoms with Crippen LogP contribution in [0.3, 0.4) is 0 Å². The van der Waals surface area contributed by atoms with Crippen molar-refractivity contribution in [2.24, 2.45) is 0 Å². The van der Waals surface area contributed by atoms with Crippen LogP contribution in [0, 0.1) is 13.8 Å². The second kappa shape index (κ2) is 91.0. The van der Waals surface area contributed by atoms with E-state index in [1.807, 2.05) is 175 Å². The normalized spacial score (nSPS) is 11.5. The summed E-state index contributed by atoms with van der Waals surface area (Å²) in [5.74, 6) is 0. The van der Waals surface area contributed by atoms with Gasteiger partial charge in [-0.1, -0.05) is 177 Å². The van der Waals surface area contributed by atoms with Gasteiger partial charge in [0, 0.05) is 169 Å². The van der Waals surface area contributed by atoms with Crippen LogP contribution in [0.4, 0.5) is 22.7 Å². The van der Waals surface area contributed by atoms with Crippen LogP contribution in [-0.4, -0.2) is 222 Å². The van der Waals surface area contributed by atoms with Crippen molar-refractivity contribution in [2.75, 3.05) is 144 Å². The minimum absolute atomic E-state index is 0.416. The molecule has 0 amide bonds. The maximum Gasteiger partial charge on any atom is 0.175 e. The molecule has 0 radical (unpaired) electrons. The minimum atomic E-state index is 0.416. The van der Waals surface area contributed by atoms with Crippen molar-refractivity contribution in [3.8, 4) is 0 Å². The Balaban J connectivity index is -0.000000433. The number of benzene rings is 4. The third kappa shape index (κ3) is 88.2. The van der Waals surface area contributed by atoms with Gasteiger partial charge in [0.15, 0.2) is 56.2 Å². The Morgan fingerprint density at radius 1 is 0.394 bits per heavy atom. The molecule has 722 valence electrons. The third-order valence-corrected chi connectivity index (χ3v) is 20.7. The Morgan fingerprint density at radius 2 is 0.740 bits per heavy atom. The molecule has 0 spiro atoms. The first-order valence-electron chi connectivity index (χ1n) is 44.7. The number of aryl methyl sites for hydroxylation is 2. The summed E-state index contributed by atoms with van der Waals surface area (Å²) in [6.07, 6.45) is 25.7. The number of thiocarbonyl (C=S) groups is 12. The lowest BCUT2D eigenvalue weighted by Crippen LogP contribution is -2.47. The van der Waals surface area contributed by atoms with Crippen LogP contribution in [-0.2, 0) is 0 Å². The summed E-state index contributed by atoms with van der Waals surface area (Å²) in [7, 11) is 16.9. The van der Waals surface area contributed by atoms with E-state index in [-0.39, 0.29) is 0 Å². The van der Waals surface area contributed by atoms with Gasteiger partial charge in [0.05, 0.1) is 4.99 Å². The zero-order valence-electron chi connectivity index (χ0n) is 81.0. The molecule has 3 aliphatic rings. The number of hydrogen-bond donors (Lipinski definition) is 20. The predicted molar refractivity (Wildman–Crippen MR) is 609 cm³/mol. The Labute approximate surface area is 835 Å². The number of hydrogen-bond acceptors (Lipinski definition) is 12. The first-order valence-corrected chi connectivity index (χ1v) is 49.6. The summed E-state index contributed by atoms with van der Waals surface area (Å²) in [4.78, 5) is 6.68. The lowest BCUT2D eigenvalue weighted by atomic mass is 9.95. The topological polar surface area (TPSA) is 250 Å². The fourth-order valence-corrected chi connectivity index (χ4v) is 12.4. The van der Waals surface area contributed by atoms with E-state index in [0.717, 1.165) is 148 Å². The molecule has 23 nitrogen and oxygen atoms in total. The second-order valence-corrected chi connectivity index (χ2v) is 34.8. The molecule has 3 fully saturated rings. The van der Waals surface area contributed by atoms with E-state index in [1.54, 1.807) is 20.2 Å². The van der Waals surface area contributed by atoms with Crippen molar-refractivity contribution in [3.05, 3.63) is 133 Å². The minimum Gasteiger partial charge on any atom is -0.380 e. The highest BCUT2D eigenvalue weighted by Crippen LogP contribution is 2.20. The summed E-state index contributed by atoms with van der Waals surface area (Å²) in [5, 5.41) is 69.8. The van der Waals surface area contributed by atoms with Gasteiger partial charge in [-0.15, -0.1) is 6.58 Å². The van der Waals surface area contributed by atoms with E-state index in [0.29, 0.717) is 44.6 Å². The largest absolute Gasteiger partial charge is 0.380 e. The molecule has 1 saturated heterocycles. The Bertz CT molecular complexity index is 3310. The molecule has 1 aliphatic heterocycles. The van der Waals surface area contributed by atoms with Crippen LogP contribution in [0.5, 0.6) is 0 Å². The van der Waals surface area contributed by atoms with E-state index in [2.05, 4.69) is 213 Å². The quantitative estimate of drug-likeness (QED) is 0.0177. The molecule has 7 rings (SSSR count). The fourth-order valence-electron chi connectivity index (χ4n) is 10.0. The van der Waals surface area contributed by atoms with Gasteiger partial charge in [0.25, 0.3) is 0 Å². The average molecular weight is 1980 g/mol. The highest BCUT2D eigenvalue weighted by Gasteiger charge is 2.18. The molecular formula is C92H167N23S12. The molecule has 4 aromatic rings. The number of anilines is 4. The van der Waals surface area contributed by atoms with E-state index in [1.165, 1.54) is 107 Å². The van der Waals surface area contributed by atoms with Gasteiger partial charge in [-0.2, -0.15) is 0 Å². The predicted octanol–water partition coefficient (Wildman–Crippen LogP) is 17.7. The summed E-state index contributed by atoms with van der Waals surface area (Å²) in [6.45, 7) is 39.1. The van der Waals surface area contributed by atoms with Gasteiger partial charge < -0.3 is 121 Å². The maximum atomic E-state index is 5.39. The van der Waals surface area contributed by atoms with Crippen LogP contribution in [0.25, 0.3) is 0 Å². The van der Waals surface area contributed by atoms with E-state index in [9.17, 15) is 0 Å². The average Bonchev–Trinajstić information content (AvgIpc) is 0.947. The summed E-state index contributed by atoms with van der Waals surface area (Å²) < 4.78 is 0. The monoisotopic (exact) mass is 1980 g/mol. The molecule has 0 bridgehead atoms. The van der Waals surface area contributed by atoms with Crippen LogP contribution in [0.2, 0.25) is 0 Å². The first kappa shape index (κ1) is 129. The van der Waals surface area contributed by atoms with Gasteiger partial charge in [0.2, 0.25) is 0 Å². The van der Waals surface area contributed by atoms with E-state index >= 15 is 0 Å². The van der Waals surface area contributed by atoms with Crippen molar-refractivity contribution >= 4 is 231 Å². The lowest BCUT2D eigenvalue weighted by molar-refractivity contribution is 0.392. The molecule has 20 N–H and O–H groups in total. The molecule has 4 aromatic carbocycles. The standard InChI is InChI=1S/C15H16N2S.C13H24N2S.C13H12N2S.C9H20N2S.2C7H16N2S.C7H14N2S.2C5H12N2S.C4H10N2S.C4H7NS.C3H8N2S/c1-11-7-3-5-9-13(11)16-15(18)17-14-10-6-4-8-12(14)2;2*16-13(14-11-7-3-1-4-8-11)15-12-9-5-2-6-10-12;1-3-5-7-10-9(12)11-8-6-4-2;1-5(2)8-7(10)9-6(3)4;2*1-3-5-8-7(10)9-6-4-2;1-6(2)5(8)7(3)4;1-3-6-5(8)7-4-2;1-5-4(7)6(2)3;6-4-2-1-3-5-4;1-4-3(6)5-2/h3-10H,1-2H3,(H2,16,17,18);11-12H,1-10H2,(H2,14,15,16);1-10H,(H2,14,15,16);3-8H2,1-2H3,(H2,10,11,12);5-6H,1-4H3,(H2,8,9,10);3-6H2,1-2H3,(H2,8,9,10);3H,1,4-6H2,2H3,(H2,8,9,10);1-4H3;3-4H2,1-2H3,(H2,6,7,8);1-3H3,(H,5,7);1-3H2,(H,5,6);1-2H3,(H2,4,5,6). The molecule has 127 heavy (non-hydrogen) atoms. The maximum absolute atomic E-state index is 5.39. The Kier molecular flexibility index (Phi) is 92.2. The second-order valence-electron chi connectivity index (χ2n) is 29.9. The van der Waals surface area contributed by atoms with Crippen molar-refractivity contribution in [2.45, 2.75) is 236 Å². The van der Waals surface area contributed by atoms with Crippen LogP contribution in [0.15, 0.2) is 122 Å². The van der Waals surface area contributed by atoms with E-state index < -0.39 is 0 Å². The summed E-state index contributed by atoms with van der Waals surface area (Å²) >= 11 is 59.8. The Morgan fingerprint density at radius 3 is 1.00 bits per heavy atom. The molecule has 35 heteroatoms. The lowest BCUT2D eigenvalue weighted by Gasteiger charge is -2.28. The number of nitrogens with one attached hydrogen (secondary N) is 20. The van der Waals surface area contributed by atoms with Crippen LogP contribution < -0.4 is 106 Å². The zero-order valence-corrected chi connectivity index (χ0v) is 90.8. The number of para-hydroxylation sites is 4. The Hall–Kier alpha value is -6.90. The third-order valence-electron chi connectivity index (χ3n) is 16.6. The highest BCUT2D eigenvalue weighted by atomic mass is 32.1. The van der Waals surface area contributed by atoms with Crippen molar-refractivity contribution in [1.82, 2.24) is 99.8 Å². The van der Waals surface area contributed by atoms with Crippen molar-refractivity contribution in [3.63, 3.8) is 0 Å². The zero-order chi connectivity index (χ0) is 96.8. The number of unbranched alkanes of at least 4 members (excludes halogenated alkanes) is 2. The van der Waals surface area contributed by atoms with E-state index in [4.69, 9.17) is 134 Å². The molecule has 0 atom stereocenters. The molecular weight excluding hydrogens is 1810 g/mol. The number of nitrogens with zero attached hydrogens (tertiary/aromatic N) is 3. The van der Waals surface area contributed by atoms with Crippen LogP contribution in [0.1, 0.15) is 209 Å². The van der Waals surface area contributed by atoms with Gasteiger partial charge in [-0.25, -0.2) is 0 Å². The molecule has 2 saturated carbocycles. The summed E-state index contributed by atoms with van der Waals surface area (Å²) in [6, 6.07) is 37.9. The smallest absolute Gasteiger partial charge is 0.175 e. The van der Waals surface area contributed by atoms with Gasteiger partial charge in [0.1, 0.15) is 0 Å².